The van der Waals surface area contributed by atoms with Crippen LogP contribution in [0.5, 0.6) is 11.5 Å². The molecular weight excluding hydrogens is 370 g/mol. The van der Waals surface area contributed by atoms with Gasteiger partial charge in [0.2, 0.25) is 0 Å². The van der Waals surface area contributed by atoms with Gasteiger partial charge in [-0.3, -0.25) is 4.90 Å². The number of hydrogen-bond acceptors (Lipinski definition) is 7. The monoisotopic (exact) mass is 397 g/mol. The molecule has 1 aliphatic heterocycles. The van der Waals surface area contributed by atoms with Gasteiger partial charge in [-0.05, 0) is 38.8 Å². The summed E-state index contributed by atoms with van der Waals surface area (Å²) in [7, 11) is 1.68. The Morgan fingerprint density at radius 2 is 2.21 bits per heavy atom. The van der Waals surface area contributed by atoms with Crippen molar-refractivity contribution in [3.05, 3.63) is 53.9 Å². The molecule has 0 bridgehead atoms. The van der Waals surface area contributed by atoms with Crippen molar-refractivity contribution >= 4 is 0 Å². The quantitative estimate of drug-likeness (QED) is 0.512. The van der Waals surface area contributed by atoms with Gasteiger partial charge in [-0.2, -0.15) is 0 Å². The SMILES string of the molecule is COc1cccc(CN2CCC[C@@H]2c2nonc2C)c1OCCCn1ccnc1. The highest BCUT2D eigenvalue weighted by Crippen LogP contribution is 2.37. The second-order valence-electron chi connectivity index (χ2n) is 7.31. The number of nitrogens with zero attached hydrogens (tertiary/aromatic N) is 5. The van der Waals surface area contributed by atoms with E-state index in [1.165, 1.54) is 0 Å². The first-order valence-corrected chi connectivity index (χ1v) is 10.0. The van der Waals surface area contributed by atoms with Crippen molar-refractivity contribution in [1.29, 1.82) is 0 Å². The standard InChI is InChI=1S/C21H27N5O3/c1-16-20(24-29-23-16)18-7-4-11-26(18)14-17-6-3-8-19(27-2)21(17)28-13-5-10-25-12-9-22-15-25/h3,6,8-9,12,15,18H,4-5,7,10-11,13-14H2,1-2H3/t18-/m1/s1. The Hall–Kier alpha value is -2.87. The summed E-state index contributed by atoms with van der Waals surface area (Å²) in [6.07, 6.45) is 8.65. The molecule has 0 amide bonds. The summed E-state index contributed by atoms with van der Waals surface area (Å²) in [6, 6.07) is 6.29. The molecule has 3 heterocycles. The molecule has 0 saturated carbocycles. The van der Waals surface area contributed by atoms with E-state index in [-0.39, 0.29) is 6.04 Å². The third kappa shape index (κ3) is 4.42. The van der Waals surface area contributed by atoms with E-state index < -0.39 is 0 Å². The lowest BCUT2D eigenvalue weighted by Gasteiger charge is -2.24. The first-order valence-electron chi connectivity index (χ1n) is 10.0. The number of aromatic nitrogens is 4. The van der Waals surface area contributed by atoms with Crippen LogP contribution < -0.4 is 9.47 Å². The fourth-order valence-electron chi connectivity index (χ4n) is 3.93. The number of methoxy groups -OCH3 is 1. The van der Waals surface area contributed by atoms with Crippen LogP contribution in [0.3, 0.4) is 0 Å². The second-order valence-corrected chi connectivity index (χ2v) is 7.31. The fourth-order valence-corrected chi connectivity index (χ4v) is 3.93. The molecule has 4 rings (SSSR count). The van der Waals surface area contributed by atoms with E-state index >= 15 is 0 Å². The summed E-state index contributed by atoms with van der Waals surface area (Å²) < 4.78 is 18.7. The smallest absolute Gasteiger partial charge is 0.165 e. The van der Waals surface area contributed by atoms with E-state index in [4.69, 9.17) is 14.1 Å². The zero-order valence-electron chi connectivity index (χ0n) is 17.0. The maximum absolute atomic E-state index is 6.19. The van der Waals surface area contributed by atoms with Crippen molar-refractivity contribution in [2.24, 2.45) is 0 Å². The lowest BCUT2D eigenvalue weighted by atomic mass is 10.1. The summed E-state index contributed by atoms with van der Waals surface area (Å²) in [4.78, 5) is 6.49. The number of aryl methyl sites for hydroxylation is 2. The minimum Gasteiger partial charge on any atom is -0.493 e. The first-order chi connectivity index (χ1) is 14.3. The molecule has 0 spiro atoms. The zero-order valence-corrected chi connectivity index (χ0v) is 17.0. The summed E-state index contributed by atoms with van der Waals surface area (Å²) in [6.45, 7) is 5.21. The molecule has 0 N–H and O–H groups in total. The molecule has 1 saturated heterocycles. The third-order valence-electron chi connectivity index (χ3n) is 5.39. The van der Waals surface area contributed by atoms with Crippen LogP contribution in [0.25, 0.3) is 0 Å². The number of rotatable bonds is 9. The van der Waals surface area contributed by atoms with Crippen LogP contribution in [0.4, 0.5) is 0 Å². The minimum absolute atomic E-state index is 0.224. The van der Waals surface area contributed by atoms with E-state index in [0.29, 0.717) is 6.61 Å². The Labute approximate surface area is 170 Å². The second kappa shape index (κ2) is 9.09. The van der Waals surface area contributed by atoms with Crippen molar-refractivity contribution < 1.29 is 14.1 Å². The van der Waals surface area contributed by atoms with Gasteiger partial charge < -0.3 is 14.0 Å². The van der Waals surface area contributed by atoms with Crippen LogP contribution in [0, 0.1) is 6.92 Å². The number of benzene rings is 1. The topological polar surface area (TPSA) is 78.4 Å². The average molecular weight is 397 g/mol. The number of ether oxygens (including phenoxy) is 2. The average Bonchev–Trinajstić information content (AvgIpc) is 3.48. The van der Waals surface area contributed by atoms with E-state index in [2.05, 4.69) is 30.8 Å². The molecule has 8 nitrogen and oxygen atoms in total. The van der Waals surface area contributed by atoms with Crippen molar-refractivity contribution in [2.75, 3.05) is 20.3 Å². The van der Waals surface area contributed by atoms with E-state index in [9.17, 15) is 0 Å². The molecule has 1 fully saturated rings. The molecule has 3 aromatic rings. The molecular formula is C21H27N5O3. The summed E-state index contributed by atoms with van der Waals surface area (Å²) >= 11 is 0. The van der Waals surface area contributed by atoms with E-state index in [1.54, 1.807) is 13.3 Å². The summed E-state index contributed by atoms with van der Waals surface area (Å²) in [5.74, 6) is 1.58. The minimum atomic E-state index is 0.224. The molecule has 1 atom stereocenters. The van der Waals surface area contributed by atoms with E-state index in [0.717, 1.165) is 67.3 Å². The highest BCUT2D eigenvalue weighted by molar-refractivity contribution is 5.46. The van der Waals surface area contributed by atoms with Crippen LogP contribution >= 0.6 is 0 Å². The maximum Gasteiger partial charge on any atom is 0.165 e. The Morgan fingerprint density at radius 3 is 2.97 bits per heavy atom. The van der Waals surface area contributed by atoms with Gasteiger partial charge in [-0.1, -0.05) is 22.4 Å². The highest BCUT2D eigenvalue weighted by Gasteiger charge is 2.31. The Bertz CT molecular complexity index is 909. The van der Waals surface area contributed by atoms with Gasteiger partial charge in [-0.25, -0.2) is 9.61 Å². The van der Waals surface area contributed by atoms with Crippen molar-refractivity contribution in [2.45, 2.75) is 45.3 Å². The number of imidazole rings is 1. The number of para-hydroxylation sites is 1. The van der Waals surface area contributed by atoms with Crippen LogP contribution in [-0.2, 0) is 13.1 Å². The van der Waals surface area contributed by atoms with Crippen molar-refractivity contribution in [3.63, 3.8) is 0 Å². The normalized spacial score (nSPS) is 17.0. The maximum atomic E-state index is 6.19. The molecule has 0 aliphatic carbocycles. The van der Waals surface area contributed by atoms with Gasteiger partial charge in [0.1, 0.15) is 11.4 Å². The van der Waals surface area contributed by atoms with Gasteiger partial charge in [0.05, 0.1) is 26.1 Å². The Balaban J connectivity index is 1.45. The summed E-state index contributed by atoms with van der Waals surface area (Å²) in [5.41, 5.74) is 2.92. The summed E-state index contributed by atoms with van der Waals surface area (Å²) in [5, 5.41) is 8.09. The van der Waals surface area contributed by atoms with Gasteiger partial charge in [0.15, 0.2) is 11.5 Å². The zero-order chi connectivity index (χ0) is 20.1. The van der Waals surface area contributed by atoms with Crippen LogP contribution in [0.15, 0.2) is 41.5 Å². The molecule has 154 valence electrons. The van der Waals surface area contributed by atoms with Gasteiger partial charge in [0.25, 0.3) is 0 Å². The molecule has 0 unspecified atom stereocenters. The largest absolute Gasteiger partial charge is 0.493 e. The molecule has 8 heteroatoms. The predicted molar refractivity (Wildman–Crippen MR) is 107 cm³/mol. The van der Waals surface area contributed by atoms with Crippen molar-refractivity contribution in [1.82, 2.24) is 24.8 Å². The van der Waals surface area contributed by atoms with Crippen LogP contribution in [-0.4, -0.2) is 45.0 Å². The van der Waals surface area contributed by atoms with Crippen molar-refractivity contribution in [3.8, 4) is 11.5 Å². The molecule has 1 aliphatic rings. The first kappa shape index (κ1) is 19.4. The lowest BCUT2D eigenvalue weighted by Crippen LogP contribution is -2.24. The third-order valence-corrected chi connectivity index (χ3v) is 5.39. The van der Waals surface area contributed by atoms with E-state index in [1.807, 2.05) is 31.6 Å². The van der Waals surface area contributed by atoms with Gasteiger partial charge in [0, 0.05) is 31.0 Å². The Kier molecular flexibility index (Phi) is 6.09. The lowest BCUT2D eigenvalue weighted by molar-refractivity contribution is 0.223. The number of likely N-dealkylation sites (tertiary alicyclic amines) is 1. The Morgan fingerprint density at radius 1 is 1.28 bits per heavy atom. The molecule has 29 heavy (non-hydrogen) atoms. The van der Waals surface area contributed by atoms with Crippen LogP contribution in [0.1, 0.15) is 42.3 Å². The van der Waals surface area contributed by atoms with Crippen LogP contribution in [0.2, 0.25) is 0 Å². The number of hydrogen-bond donors (Lipinski definition) is 0. The fraction of sp³-hybridized carbons (Fsp3) is 0.476. The van der Waals surface area contributed by atoms with Gasteiger partial charge >= 0.3 is 0 Å². The predicted octanol–water partition coefficient (Wildman–Crippen LogP) is 3.39. The molecule has 0 radical (unpaired) electrons. The highest BCUT2D eigenvalue weighted by atomic mass is 16.6. The molecule has 2 aromatic heterocycles. The van der Waals surface area contributed by atoms with Gasteiger partial charge in [-0.15, -0.1) is 0 Å². The molecule has 1 aromatic carbocycles.